The number of imidazole rings is 1. The Morgan fingerprint density at radius 1 is 1.26 bits per heavy atom. The minimum Gasteiger partial charge on any atom is -0.494 e. The van der Waals surface area contributed by atoms with Gasteiger partial charge >= 0.3 is 0 Å². The van der Waals surface area contributed by atoms with Crippen LogP contribution in [0.25, 0.3) is 0 Å². The van der Waals surface area contributed by atoms with E-state index in [1.807, 2.05) is 43.0 Å². The fraction of sp³-hybridized carbons (Fsp3) is 0.294. The summed E-state index contributed by atoms with van der Waals surface area (Å²) in [4.78, 5) is 9.86. The van der Waals surface area contributed by atoms with E-state index in [1.165, 1.54) is 5.69 Å². The highest BCUT2D eigenvalue weighted by Crippen LogP contribution is 2.25. The van der Waals surface area contributed by atoms with Crippen molar-refractivity contribution in [1.29, 1.82) is 0 Å². The lowest BCUT2D eigenvalue weighted by atomic mass is 10.3. The third-order valence-electron chi connectivity index (χ3n) is 3.65. The number of methoxy groups -OCH3 is 1. The summed E-state index contributed by atoms with van der Waals surface area (Å²) >= 11 is 1.66. The molecule has 0 aliphatic rings. The standard InChI is InChI=1S/C17H20N4OS/c1-14-12-23-17(19-15-6-3-4-7-16(15)22-2)21(14)10-5-9-20-11-8-18-13-20/h3-4,6-8,11-13H,5,9-10H2,1-2H3. The van der Waals surface area contributed by atoms with Gasteiger partial charge < -0.3 is 13.9 Å². The van der Waals surface area contributed by atoms with E-state index in [0.717, 1.165) is 35.7 Å². The number of rotatable bonds is 6. The zero-order valence-electron chi connectivity index (χ0n) is 13.3. The van der Waals surface area contributed by atoms with Gasteiger partial charge in [0.05, 0.1) is 13.4 Å². The van der Waals surface area contributed by atoms with Gasteiger partial charge in [0.15, 0.2) is 4.80 Å². The molecular weight excluding hydrogens is 308 g/mol. The number of thiazole rings is 1. The average molecular weight is 328 g/mol. The molecule has 2 aromatic heterocycles. The maximum atomic E-state index is 5.39. The fourth-order valence-corrected chi connectivity index (χ4v) is 3.35. The van der Waals surface area contributed by atoms with Crippen LogP contribution in [-0.4, -0.2) is 21.2 Å². The van der Waals surface area contributed by atoms with Crippen LogP contribution in [0, 0.1) is 6.92 Å². The molecule has 0 unspecified atom stereocenters. The van der Waals surface area contributed by atoms with Crippen molar-refractivity contribution < 1.29 is 4.74 Å². The summed E-state index contributed by atoms with van der Waals surface area (Å²) in [5, 5.41) is 2.14. The first-order chi connectivity index (χ1) is 11.3. The summed E-state index contributed by atoms with van der Waals surface area (Å²) < 4.78 is 9.74. The van der Waals surface area contributed by atoms with E-state index in [0.29, 0.717) is 0 Å². The number of aromatic nitrogens is 3. The lowest BCUT2D eigenvalue weighted by molar-refractivity contribution is 0.416. The number of nitrogens with zero attached hydrogens (tertiary/aromatic N) is 4. The lowest BCUT2D eigenvalue weighted by Gasteiger charge is -2.07. The predicted molar refractivity (Wildman–Crippen MR) is 92.1 cm³/mol. The molecule has 1 aromatic carbocycles. The Kier molecular flexibility index (Phi) is 4.92. The molecule has 0 atom stereocenters. The first-order valence-corrected chi connectivity index (χ1v) is 8.44. The SMILES string of the molecule is COc1ccccc1N=c1scc(C)n1CCCn1ccnc1. The van der Waals surface area contributed by atoms with Crippen LogP contribution in [0.3, 0.4) is 0 Å². The predicted octanol–water partition coefficient (Wildman–Crippen LogP) is 3.39. The number of hydrogen-bond acceptors (Lipinski definition) is 4. The summed E-state index contributed by atoms with van der Waals surface area (Å²) in [6.07, 6.45) is 6.69. The van der Waals surface area contributed by atoms with Gasteiger partial charge in [-0.15, -0.1) is 11.3 Å². The number of benzene rings is 1. The van der Waals surface area contributed by atoms with Crippen molar-refractivity contribution in [2.75, 3.05) is 7.11 Å². The highest BCUT2D eigenvalue weighted by Gasteiger charge is 2.04. The molecule has 0 amide bonds. The quantitative estimate of drug-likeness (QED) is 0.696. The third-order valence-corrected chi connectivity index (χ3v) is 4.63. The van der Waals surface area contributed by atoms with Crippen molar-refractivity contribution in [2.45, 2.75) is 26.4 Å². The largest absolute Gasteiger partial charge is 0.494 e. The number of hydrogen-bond donors (Lipinski definition) is 0. The third kappa shape index (κ3) is 3.71. The minimum absolute atomic E-state index is 0.795. The van der Waals surface area contributed by atoms with E-state index in [-0.39, 0.29) is 0 Å². The van der Waals surface area contributed by atoms with E-state index in [2.05, 4.69) is 26.4 Å². The highest BCUT2D eigenvalue weighted by atomic mass is 32.1. The molecule has 2 heterocycles. The van der Waals surface area contributed by atoms with Gasteiger partial charge in [-0.2, -0.15) is 0 Å². The van der Waals surface area contributed by atoms with Crippen LogP contribution < -0.4 is 9.54 Å². The van der Waals surface area contributed by atoms with Crippen LogP contribution in [0.2, 0.25) is 0 Å². The summed E-state index contributed by atoms with van der Waals surface area (Å²) in [7, 11) is 1.67. The summed E-state index contributed by atoms with van der Waals surface area (Å²) in [5.74, 6) is 0.795. The molecule has 3 aromatic rings. The molecule has 0 spiro atoms. The van der Waals surface area contributed by atoms with Crippen molar-refractivity contribution in [3.63, 3.8) is 0 Å². The highest BCUT2D eigenvalue weighted by molar-refractivity contribution is 7.07. The Morgan fingerprint density at radius 2 is 2.13 bits per heavy atom. The van der Waals surface area contributed by atoms with Gasteiger partial charge in [0.1, 0.15) is 11.4 Å². The molecule has 3 rings (SSSR count). The molecule has 0 N–H and O–H groups in total. The normalized spacial score (nSPS) is 11.8. The van der Waals surface area contributed by atoms with Crippen LogP contribution in [0.5, 0.6) is 5.75 Å². The molecule has 23 heavy (non-hydrogen) atoms. The lowest BCUT2D eigenvalue weighted by Crippen LogP contribution is -2.17. The Hall–Kier alpha value is -2.34. The first kappa shape index (κ1) is 15.6. The summed E-state index contributed by atoms with van der Waals surface area (Å²) in [6, 6.07) is 7.84. The Bertz CT molecular complexity index is 817. The minimum atomic E-state index is 0.795. The van der Waals surface area contributed by atoms with Gasteiger partial charge in [0, 0.05) is 36.6 Å². The molecule has 0 fully saturated rings. The second kappa shape index (κ2) is 7.28. The summed E-state index contributed by atoms with van der Waals surface area (Å²) in [6.45, 7) is 4.01. The van der Waals surface area contributed by atoms with Gasteiger partial charge in [-0.3, -0.25) is 0 Å². The number of para-hydroxylation sites is 2. The molecule has 120 valence electrons. The van der Waals surface area contributed by atoms with Gasteiger partial charge in [-0.05, 0) is 25.5 Å². The monoisotopic (exact) mass is 328 g/mol. The second-order valence-corrected chi connectivity index (χ2v) is 6.09. The topological polar surface area (TPSA) is 44.3 Å². The molecule has 6 heteroatoms. The van der Waals surface area contributed by atoms with Crippen molar-refractivity contribution in [1.82, 2.24) is 14.1 Å². The Balaban J connectivity index is 1.82. The van der Waals surface area contributed by atoms with E-state index < -0.39 is 0 Å². The Morgan fingerprint density at radius 3 is 2.91 bits per heavy atom. The van der Waals surface area contributed by atoms with Crippen molar-refractivity contribution >= 4 is 17.0 Å². The summed E-state index contributed by atoms with van der Waals surface area (Å²) in [5.41, 5.74) is 2.09. The van der Waals surface area contributed by atoms with Crippen LogP contribution >= 0.6 is 11.3 Å². The van der Waals surface area contributed by atoms with Crippen molar-refractivity contribution in [3.8, 4) is 5.75 Å². The van der Waals surface area contributed by atoms with Crippen LogP contribution in [0.4, 0.5) is 5.69 Å². The molecule has 0 aliphatic heterocycles. The molecule has 5 nitrogen and oxygen atoms in total. The molecule has 0 saturated carbocycles. The Labute approximate surface area is 139 Å². The van der Waals surface area contributed by atoms with Crippen molar-refractivity contribution in [3.05, 3.63) is 58.9 Å². The van der Waals surface area contributed by atoms with Crippen LogP contribution in [-0.2, 0) is 13.1 Å². The second-order valence-electron chi connectivity index (χ2n) is 5.25. The van der Waals surface area contributed by atoms with Gasteiger partial charge in [-0.25, -0.2) is 9.98 Å². The number of aryl methyl sites for hydroxylation is 2. The smallest absolute Gasteiger partial charge is 0.190 e. The van der Waals surface area contributed by atoms with Crippen LogP contribution in [0.15, 0.2) is 53.4 Å². The van der Waals surface area contributed by atoms with E-state index in [1.54, 1.807) is 18.4 Å². The average Bonchev–Trinajstić information content (AvgIpc) is 3.20. The van der Waals surface area contributed by atoms with Gasteiger partial charge in [-0.1, -0.05) is 12.1 Å². The van der Waals surface area contributed by atoms with E-state index in [9.17, 15) is 0 Å². The maximum absolute atomic E-state index is 5.39. The maximum Gasteiger partial charge on any atom is 0.190 e. The number of ether oxygens (including phenoxy) is 1. The van der Waals surface area contributed by atoms with Gasteiger partial charge in [0.25, 0.3) is 0 Å². The van der Waals surface area contributed by atoms with Gasteiger partial charge in [0.2, 0.25) is 0 Å². The van der Waals surface area contributed by atoms with Crippen LogP contribution in [0.1, 0.15) is 12.1 Å². The van der Waals surface area contributed by atoms with Crippen molar-refractivity contribution in [2.24, 2.45) is 4.99 Å². The zero-order chi connectivity index (χ0) is 16.1. The van der Waals surface area contributed by atoms with E-state index >= 15 is 0 Å². The fourth-order valence-electron chi connectivity index (χ4n) is 2.43. The zero-order valence-corrected chi connectivity index (χ0v) is 14.2. The molecule has 0 bridgehead atoms. The molecular formula is C17H20N4OS. The first-order valence-electron chi connectivity index (χ1n) is 7.56. The molecule has 0 radical (unpaired) electrons. The molecule has 0 saturated heterocycles. The molecule has 0 aliphatic carbocycles. The van der Waals surface area contributed by atoms with E-state index in [4.69, 9.17) is 9.73 Å².